The van der Waals surface area contributed by atoms with Gasteiger partial charge in [-0.25, -0.2) is 13.1 Å². The van der Waals surface area contributed by atoms with Crippen LogP contribution in [-0.4, -0.2) is 38.4 Å². The average Bonchev–Trinajstić information content (AvgIpc) is 3.32. The minimum atomic E-state index is -3.49. The van der Waals surface area contributed by atoms with Crippen molar-refractivity contribution in [3.8, 4) is 0 Å². The molecular formula is C20H22N2O4S2. The van der Waals surface area contributed by atoms with Crippen LogP contribution in [0.4, 0.5) is 0 Å². The third-order valence-corrected chi connectivity index (χ3v) is 8.14. The Balaban J connectivity index is 1.45. The van der Waals surface area contributed by atoms with Crippen LogP contribution in [0.3, 0.4) is 0 Å². The van der Waals surface area contributed by atoms with Crippen molar-refractivity contribution in [2.24, 2.45) is 0 Å². The Bertz CT molecular complexity index is 1110. The molecule has 4 rings (SSSR count). The summed E-state index contributed by atoms with van der Waals surface area (Å²) in [4.78, 5) is 14.7. The van der Waals surface area contributed by atoms with Gasteiger partial charge < -0.3 is 9.32 Å². The molecule has 1 amide bonds. The lowest BCUT2D eigenvalue weighted by Crippen LogP contribution is -2.46. The molecular weight excluding hydrogens is 396 g/mol. The highest BCUT2D eigenvalue weighted by Crippen LogP contribution is 2.29. The highest BCUT2D eigenvalue weighted by molar-refractivity contribution is 7.91. The molecule has 1 aliphatic rings. The lowest BCUT2D eigenvalue weighted by Gasteiger charge is -2.31. The van der Waals surface area contributed by atoms with E-state index in [1.54, 1.807) is 22.4 Å². The van der Waals surface area contributed by atoms with Crippen LogP contribution < -0.4 is 4.72 Å². The summed E-state index contributed by atoms with van der Waals surface area (Å²) in [6.07, 6.45) is 1.16. The van der Waals surface area contributed by atoms with Crippen molar-refractivity contribution >= 4 is 38.2 Å². The first-order valence-electron chi connectivity index (χ1n) is 9.20. The molecule has 28 heavy (non-hydrogen) atoms. The van der Waals surface area contributed by atoms with Crippen molar-refractivity contribution < 1.29 is 17.6 Å². The molecule has 3 heterocycles. The smallest absolute Gasteiger partial charge is 0.289 e. The fraction of sp³-hybridized carbons (Fsp3) is 0.350. The minimum absolute atomic E-state index is 0.132. The SMILES string of the molecule is Cc1c(C(=O)N2CCC(NS(=O)(=O)c3cccs3)CC2)oc2c(C)cccc12. The normalized spacial score (nSPS) is 16.0. The summed E-state index contributed by atoms with van der Waals surface area (Å²) in [6.45, 7) is 4.85. The molecule has 1 aliphatic heterocycles. The number of nitrogens with zero attached hydrogens (tertiary/aromatic N) is 1. The van der Waals surface area contributed by atoms with Crippen LogP contribution in [-0.2, 0) is 10.0 Å². The van der Waals surface area contributed by atoms with Crippen molar-refractivity contribution in [1.29, 1.82) is 0 Å². The van der Waals surface area contributed by atoms with Crippen molar-refractivity contribution in [2.75, 3.05) is 13.1 Å². The van der Waals surface area contributed by atoms with Gasteiger partial charge in [-0.1, -0.05) is 24.3 Å². The predicted molar refractivity (Wildman–Crippen MR) is 109 cm³/mol. The molecule has 0 saturated carbocycles. The number of para-hydroxylation sites is 1. The first-order valence-corrected chi connectivity index (χ1v) is 11.6. The molecule has 0 unspecified atom stereocenters. The number of fused-ring (bicyclic) bond motifs is 1. The van der Waals surface area contributed by atoms with Crippen LogP contribution in [0.2, 0.25) is 0 Å². The maximum Gasteiger partial charge on any atom is 0.289 e. The molecule has 1 fully saturated rings. The Morgan fingerprint density at radius 2 is 1.93 bits per heavy atom. The number of amides is 1. The van der Waals surface area contributed by atoms with Gasteiger partial charge in [0.1, 0.15) is 9.79 Å². The maximum absolute atomic E-state index is 13.0. The van der Waals surface area contributed by atoms with Gasteiger partial charge in [0.2, 0.25) is 10.0 Å². The quantitative estimate of drug-likeness (QED) is 0.701. The fourth-order valence-corrected chi connectivity index (χ4v) is 5.94. The minimum Gasteiger partial charge on any atom is -0.450 e. The lowest BCUT2D eigenvalue weighted by atomic mass is 10.0. The Morgan fingerprint density at radius 1 is 1.18 bits per heavy atom. The molecule has 0 bridgehead atoms. The van der Waals surface area contributed by atoms with E-state index in [0.717, 1.165) is 22.1 Å². The summed E-state index contributed by atoms with van der Waals surface area (Å²) in [5.74, 6) is 0.245. The van der Waals surface area contributed by atoms with Crippen LogP contribution in [0.15, 0.2) is 44.3 Å². The Kier molecular flexibility index (Phi) is 5.03. The molecule has 0 aliphatic carbocycles. The lowest BCUT2D eigenvalue weighted by molar-refractivity contribution is 0.0680. The molecule has 0 radical (unpaired) electrons. The van der Waals surface area contributed by atoms with Crippen molar-refractivity contribution in [3.05, 3.63) is 52.6 Å². The van der Waals surface area contributed by atoms with E-state index in [0.29, 0.717) is 35.9 Å². The number of carbonyl (C=O) groups excluding carboxylic acids is 1. The standard InChI is InChI=1S/C20H22N2O4S2/c1-13-5-3-6-16-14(2)19(26-18(13)16)20(23)22-10-8-15(9-11-22)21-28(24,25)17-7-4-12-27-17/h3-7,12,15,21H,8-11H2,1-2H3. The zero-order chi connectivity index (χ0) is 19.9. The second-order valence-electron chi connectivity index (χ2n) is 7.13. The Labute approximate surface area is 168 Å². The number of benzene rings is 1. The molecule has 3 aromatic rings. The number of furan rings is 1. The zero-order valence-corrected chi connectivity index (χ0v) is 17.4. The predicted octanol–water partition coefficient (Wildman–Crippen LogP) is 3.69. The number of thiophene rings is 1. The van der Waals surface area contributed by atoms with Gasteiger partial charge in [-0.05, 0) is 43.7 Å². The largest absolute Gasteiger partial charge is 0.450 e. The van der Waals surface area contributed by atoms with Gasteiger partial charge in [-0.3, -0.25) is 4.79 Å². The van der Waals surface area contributed by atoms with Gasteiger partial charge in [-0.2, -0.15) is 0 Å². The topological polar surface area (TPSA) is 79.6 Å². The Morgan fingerprint density at radius 3 is 2.57 bits per heavy atom. The van der Waals surface area contributed by atoms with E-state index < -0.39 is 10.0 Å². The van der Waals surface area contributed by atoms with E-state index in [4.69, 9.17) is 4.42 Å². The molecule has 1 aromatic carbocycles. The van der Waals surface area contributed by atoms with Gasteiger partial charge in [0.05, 0.1) is 0 Å². The Hall–Kier alpha value is -2.16. The van der Waals surface area contributed by atoms with Crippen molar-refractivity contribution in [2.45, 2.75) is 36.9 Å². The monoisotopic (exact) mass is 418 g/mol. The molecule has 2 aromatic heterocycles. The van der Waals surface area contributed by atoms with Gasteiger partial charge in [0, 0.05) is 30.1 Å². The van der Waals surface area contributed by atoms with Crippen molar-refractivity contribution in [1.82, 2.24) is 9.62 Å². The second-order valence-corrected chi connectivity index (χ2v) is 10.0. The van der Waals surface area contributed by atoms with Gasteiger partial charge in [-0.15, -0.1) is 11.3 Å². The third-order valence-electron chi connectivity index (χ3n) is 5.22. The van der Waals surface area contributed by atoms with Crippen LogP contribution in [0.5, 0.6) is 0 Å². The zero-order valence-electron chi connectivity index (χ0n) is 15.8. The number of nitrogens with one attached hydrogen (secondary N) is 1. The first kappa shape index (κ1) is 19.2. The van der Waals surface area contributed by atoms with Gasteiger partial charge >= 0.3 is 0 Å². The van der Waals surface area contributed by atoms with E-state index in [9.17, 15) is 13.2 Å². The van der Waals surface area contributed by atoms with Gasteiger partial charge in [0.15, 0.2) is 5.76 Å². The van der Waals surface area contributed by atoms with Gasteiger partial charge in [0.25, 0.3) is 5.91 Å². The summed E-state index contributed by atoms with van der Waals surface area (Å²) in [6, 6.07) is 9.03. The second kappa shape index (κ2) is 7.35. The first-order chi connectivity index (χ1) is 13.4. The van der Waals surface area contributed by atoms with Crippen LogP contribution in [0.25, 0.3) is 11.0 Å². The number of likely N-dealkylation sites (tertiary alicyclic amines) is 1. The van der Waals surface area contributed by atoms with E-state index in [1.807, 2.05) is 32.0 Å². The maximum atomic E-state index is 13.0. The van der Waals surface area contributed by atoms with E-state index >= 15 is 0 Å². The van der Waals surface area contributed by atoms with E-state index in [1.165, 1.54) is 11.3 Å². The van der Waals surface area contributed by atoms with Crippen molar-refractivity contribution in [3.63, 3.8) is 0 Å². The molecule has 6 nitrogen and oxygen atoms in total. The number of piperidine rings is 1. The molecule has 0 atom stereocenters. The summed E-state index contributed by atoms with van der Waals surface area (Å²) < 4.78 is 33.7. The molecule has 0 spiro atoms. The summed E-state index contributed by atoms with van der Waals surface area (Å²) in [5, 5.41) is 2.70. The molecule has 148 valence electrons. The summed E-state index contributed by atoms with van der Waals surface area (Å²) in [5.41, 5.74) is 2.60. The van der Waals surface area contributed by atoms with Crippen LogP contribution in [0, 0.1) is 13.8 Å². The number of hydrogen-bond acceptors (Lipinski definition) is 5. The van der Waals surface area contributed by atoms with Crippen LogP contribution >= 0.6 is 11.3 Å². The van der Waals surface area contributed by atoms with Crippen LogP contribution in [0.1, 0.15) is 34.5 Å². The number of sulfonamides is 1. The third kappa shape index (κ3) is 3.47. The fourth-order valence-electron chi connectivity index (χ4n) is 3.63. The summed E-state index contributed by atoms with van der Waals surface area (Å²) >= 11 is 1.20. The molecule has 1 saturated heterocycles. The molecule has 1 N–H and O–H groups in total. The highest BCUT2D eigenvalue weighted by atomic mass is 32.2. The highest BCUT2D eigenvalue weighted by Gasteiger charge is 2.30. The number of hydrogen-bond donors (Lipinski definition) is 1. The number of carbonyl (C=O) groups is 1. The number of aryl methyl sites for hydroxylation is 2. The average molecular weight is 419 g/mol. The summed E-state index contributed by atoms with van der Waals surface area (Å²) in [7, 11) is -3.49. The molecule has 8 heteroatoms. The van der Waals surface area contributed by atoms with E-state index in [2.05, 4.69) is 4.72 Å². The van der Waals surface area contributed by atoms with E-state index in [-0.39, 0.29) is 11.9 Å². The number of rotatable bonds is 4.